The number of hydrogen-bond acceptors (Lipinski definition) is 1. The molecule has 0 aliphatic rings. The zero-order chi connectivity index (χ0) is 16.2. The Balaban J connectivity index is 2.06. The number of nitrogens with zero attached hydrogens (tertiary/aromatic N) is 1. The van der Waals surface area contributed by atoms with E-state index in [2.05, 4.69) is 23.3 Å². The van der Waals surface area contributed by atoms with E-state index >= 15 is 0 Å². The number of aryl methyl sites for hydroxylation is 2. The zero-order valence-corrected chi connectivity index (χ0v) is 14.9. The quantitative estimate of drug-likeness (QED) is 0.482. The SMILES string of the molecule is C=CCCc1c(C(=O)[Se]c2ccccc2)n(C)c2ccccc12. The molecular formula is C20H19NOSe. The summed E-state index contributed by atoms with van der Waals surface area (Å²) < 4.78 is 3.41. The molecule has 2 aromatic carbocycles. The Morgan fingerprint density at radius 1 is 1.13 bits per heavy atom. The van der Waals surface area contributed by atoms with Gasteiger partial charge in [0.2, 0.25) is 0 Å². The first-order valence-electron chi connectivity index (χ1n) is 7.66. The van der Waals surface area contributed by atoms with Crippen LogP contribution in [0.2, 0.25) is 0 Å². The summed E-state index contributed by atoms with van der Waals surface area (Å²) in [5.41, 5.74) is 3.14. The fraction of sp³-hybridized carbons (Fsp3) is 0.150. The Kier molecular flexibility index (Phi) is 4.80. The summed E-state index contributed by atoms with van der Waals surface area (Å²) in [7, 11) is 1.99. The summed E-state index contributed by atoms with van der Waals surface area (Å²) in [5.74, 6) is 0. The fourth-order valence-corrected chi connectivity index (χ4v) is 4.69. The van der Waals surface area contributed by atoms with Crippen LogP contribution in [0.3, 0.4) is 0 Å². The van der Waals surface area contributed by atoms with Crippen LogP contribution < -0.4 is 4.46 Å². The second-order valence-electron chi connectivity index (χ2n) is 5.43. The number of rotatable bonds is 6. The van der Waals surface area contributed by atoms with Gasteiger partial charge in [0.25, 0.3) is 0 Å². The van der Waals surface area contributed by atoms with Crippen LogP contribution in [-0.2, 0) is 13.5 Å². The molecule has 1 heterocycles. The molecule has 0 N–H and O–H groups in total. The summed E-state index contributed by atoms with van der Waals surface area (Å²) in [6.07, 6.45) is 3.65. The van der Waals surface area contributed by atoms with Crippen LogP contribution in [0.15, 0.2) is 67.3 Å². The second kappa shape index (κ2) is 6.99. The van der Waals surface area contributed by atoms with Gasteiger partial charge in [-0.15, -0.1) is 0 Å². The molecule has 0 fully saturated rings. The fourth-order valence-electron chi connectivity index (χ4n) is 2.88. The van der Waals surface area contributed by atoms with Gasteiger partial charge >= 0.3 is 143 Å². The van der Waals surface area contributed by atoms with Crippen molar-refractivity contribution >= 4 is 35.0 Å². The first kappa shape index (κ1) is 15.8. The Bertz CT molecular complexity index is 849. The molecular weight excluding hydrogens is 349 g/mol. The van der Waals surface area contributed by atoms with Gasteiger partial charge in [-0.3, -0.25) is 0 Å². The molecule has 0 bridgehead atoms. The van der Waals surface area contributed by atoms with E-state index in [-0.39, 0.29) is 19.6 Å². The van der Waals surface area contributed by atoms with Gasteiger partial charge in [-0.25, -0.2) is 0 Å². The van der Waals surface area contributed by atoms with Gasteiger partial charge in [0.15, 0.2) is 0 Å². The minimum absolute atomic E-state index is 0.202. The first-order valence-corrected chi connectivity index (χ1v) is 9.38. The van der Waals surface area contributed by atoms with E-state index in [1.54, 1.807) is 0 Å². The monoisotopic (exact) mass is 369 g/mol. The van der Waals surface area contributed by atoms with Gasteiger partial charge < -0.3 is 0 Å². The molecule has 0 atom stereocenters. The van der Waals surface area contributed by atoms with Crippen molar-refractivity contribution in [2.24, 2.45) is 7.05 Å². The van der Waals surface area contributed by atoms with Gasteiger partial charge in [0.05, 0.1) is 0 Å². The van der Waals surface area contributed by atoms with Crippen molar-refractivity contribution in [3.63, 3.8) is 0 Å². The molecule has 0 saturated carbocycles. The van der Waals surface area contributed by atoms with Crippen LogP contribution in [0.1, 0.15) is 22.5 Å². The maximum absolute atomic E-state index is 13.0. The number of carbonyl (C=O) groups is 1. The van der Waals surface area contributed by atoms with Gasteiger partial charge in [-0.1, -0.05) is 0 Å². The summed E-state index contributed by atoms with van der Waals surface area (Å²) in [6.45, 7) is 3.82. The van der Waals surface area contributed by atoms with Gasteiger partial charge in [0, 0.05) is 0 Å². The van der Waals surface area contributed by atoms with Crippen molar-refractivity contribution in [1.29, 1.82) is 0 Å². The number of fused-ring (bicyclic) bond motifs is 1. The molecule has 0 aliphatic heterocycles. The number of allylic oxidation sites excluding steroid dienone is 1. The molecule has 0 spiro atoms. The third kappa shape index (κ3) is 3.17. The van der Waals surface area contributed by atoms with Crippen molar-refractivity contribution in [2.45, 2.75) is 12.8 Å². The number of hydrogen-bond donors (Lipinski definition) is 0. The molecule has 116 valence electrons. The predicted octanol–water partition coefficient (Wildman–Crippen LogP) is 3.47. The van der Waals surface area contributed by atoms with E-state index in [4.69, 9.17) is 0 Å². The Hall–Kier alpha value is -2.09. The topological polar surface area (TPSA) is 22.0 Å². The summed E-state index contributed by atoms with van der Waals surface area (Å²) >= 11 is -0.202. The molecule has 2 nitrogen and oxygen atoms in total. The number of para-hydroxylation sites is 1. The van der Waals surface area contributed by atoms with Crippen LogP contribution in [0.5, 0.6) is 0 Å². The van der Waals surface area contributed by atoms with Crippen molar-refractivity contribution in [1.82, 2.24) is 4.57 Å². The molecule has 1 aromatic heterocycles. The minimum atomic E-state index is -0.202. The van der Waals surface area contributed by atoms with Crippen molar-refractivity contribution in [3.8, 4) is 0 Å². The van der Waals surface area contributed by atoms with Crippen molar-refractivity contribution in [2.75, 3.05) is 0 Å². The first-order chi connectivity index (χ1) is 11.2. The van der Waals surface area contributed by atoms with E-state index in [1.165, 1.54) is 5.39 Å². The maximum atomic E-state index is 13.0. The molecule has 0 saturated heterocycles. The zero-order valence-electron chi connectivity index (χ0n) is 13.2. The Morgan fingerprint density at radius 2 is 1.83 bits per heavy atom. The van der Waals surface area contributed by atoms with Gasteiger partial charge in [-0.2, -0.15) is 0 Å². The normalized spacial score (nSPS) is 10.8. The van der Waals surface area contributed by atoms with Crippen LogP contribution in [0.25, 0.3) is 10.9 Å². The molecule has 3 aromatic rings. The molecule has 23 heavy (non-hydrogen) atoms. The summed E-state index contributed by atoms with van der Waals surface area (Å²) in [4.78, 5) is 13.0. The van der Waals surface area contributed by atoms with Crippen LogP contribution >= 0.6 is 0 Å². The molecule has 3 rings (SSSR count). The van der Waals surface area contributed by atoms with E-state index in [0.29, 0.717) is 0 Å². The van der Waals surface area contributed by atoms with Crippen LogP contribution in [0, 0.1) is 0 Å². The van der Waals surface area contributed by atoms with Gasteiger partial charge in [0.1, 0.15) is 0 Å². The molecule has 0 aliphatic carbocycles. The third-order valence-electron chi connectivity index (χ3n) is 3.96. The number of benzene rings is 2. The molecule has 0 radical (unpaired) electrons. The second-order valence-corrected chi connectivity index (χ2v) is 7.63. The molecule has 0 amide bonds. The van der Waals surface area contributed by atoms with Gasteiger partial charge in [-0.05, 0) is 0 Å². The van der Waals surface area contributed by atoms with E-state index in [0.717, 1.165) is 34.1 Å². The predicted molar refractivity (Wildman–Crippen MR) is 97.6 cm³/mol. The standard InChI is InChI=1S/C20H19NOSe/c1-3-4-12-17-16-13-8-9-14-18(16)21(2)19(17)20(22)23-15-10-6-5-7-11-15/h3,5-11,13-14H,1,4,12H2,2H3. The average molecular weight is 368 g/mol. The van der Waals surface area contributed by atoms with Crippen molar-refractivity contribution in [3.05, 3.63) is 78.5 Å². The average Bonchev–Trinajstić information content (AvgIpc) is 2.86. The molecule has 3 heteroatoms. The van der Waals surface area contributed by atoms with E-state index in [1.807, 2.05) is 55.6 Å². The van der Waals surface area contributed by atoms with Crippen LogP contribution in [-0.4, -0.2) is 24.2 Å². The third-order valence-corrected chi connectivity index (χ3v) is 5.82. The summed E-state index contributed by atoms with van der Waals surface area (Å²) in [6, 6.07) is 18.3. The van der Waals surface area contributed by atoms with E-state index in [9.17, 15) is 4.79 Å². The molecule has 0 unspecified atom stereocenters. The Labute approximate surface area is 143 Å². The van der Waals surface area contributed by atoms with Crippen molar-refractivity contribution < 1.29 is 4.79 Å². The number of aromatic nitrogens is 1. The van der Waals surface area contributed by atoms with E-state index < -0.39 is 0 Å². The summed E-state index contributed by atoms with van der Waals surface area (Å²) in [5, 5.41) is 1.18. The number of carbonyl (C=O) groups excluding carboxylic acids is 1. The van der Waals surface area contributed by atoms with Crippen LogP contribution in [0.4, 0.5) is 0 Å². The Morgan fingerprint density at radius 3 is 2.57 bits per heavy atom.